The summed E-state index contributed by atoms with van der Waals surface area (Å²) in [6, 6.07) is 8.63. The Labute approximate surface area is 64.6 Å². The third kappa shape index (κ3) is 3.18. The second-order valence-electron chi connectivity index (χ2n) is 2.10. The molecule has 0 amide bonds. The number of hydrogen-bond donors (Lipinski definition) is 3. The molecule has 0 saturated heterocycles. The Bertz CT molecular complexity index is 269. The average Bonchev–Trinajstić information content (AvgIpc) is 1.85. The summed E-state index contributed by atoms with van der Waals surface area (Å²) in [7, 11) is -3.64. The van der Waals surface area contributed by atoms with Crippen molar-refractivity contribution >= 4 is 13.4 Å². The molecule has 1 aromatic carbocycles. The van der Waals surface area contributed by atoms with Gasteiger partial charge >= 0.3 is 7.67 Å². The lowest BCUT2D eigenvalue weighted by molar-refractivity contribution is 0.486. The first kappa shape index (κ1) is 8.27. The molecule has 0 aliphatic heterocycles. The maximum absolute atomic E-state index is 10.6. The Morgan fingerprint density at radius 1 is 1.36 bits per heavy atom. The van der Waals surface area contributed by atoms with Gasteiger partial charge in [0.25, 0.3) is 0 Å². The van der Waals surface area contributed by atoms with Gasteiger partial charge in [0.05, 0.1) is 0 Å². The van der Waals surface area contributed by atoms with Crippen molar-refractivity contribution < 1.29 is 9.46 Å². The molecule has 4 nitrogen and oxygen atoms in total. The molecule has 0 aromatic heterocycles. The van der Waals surface area contributed by atoms with Crippen molar-refractivity contribution in [2.45, 2.75) is 0 Å². The van der Waals surface area contributed by atoms with E-state index in [2.05, 4.69) is 5.09 Å². The molecule has 0 fully saturated rings. The van der Waals surface area contributed by atoms with Crippen LogP contribution in [0.15, 0.2) is 30.3 Å². The molecule has 60 valence electrons. The summed E-state index contributed by atoms with van der Waals surface area (Å²) in [5, 5.41) is 2.27. The molecule has 11 heavy (non-hydrogen) atoms. The van der Waals surface area contributed by atoms with Crippen LogP contribution in [0, 0.1) is 0 Å². The number of rotatable bonds is 2. The zero-order chi connectivity index (χ0) is 8.32. The summed E-state index contributed by atoms with van der Waals surface area (Å²) in [4.78, 5) is 8.69. The zero-order valence-electron chi connectivity index (χ0n) is 5.77. The van der Waals surface area contributed by atoms with Crippen LogP contribution in [0.25, 0.3) is 0 Å². The first-order valence-electron chi connectivity index (χ1n) is 3.03. The Morgan fingerprint density at radius 3 is 2.36 bits per heavy atom. The van der Waals surface area contributed by atoms with Gasteiger partial charge in [0.2, 0.25) is 0 Å². The molecule has 0 aliphatic carbocycles. The van der Waals surface area contributed by atoms with Gasteiger partial charge in [-0.15, -0.1) is 0 Å². The van der Waals surface area contributed by atoms with Gasteiger partial charge < -0.3 is 9.98 Å². The fraction of sp³-hybridized carbons (Fsp3) is 0. The molecule has 1 unspecified atom stereocenters. The van der Waals surface area contributed by atoms with Gasteiger partial charge in [0, 0.05) is 5.69 Å². The number of benzene rings is 1. The van der Waals surface area contributed by atoms with Crippen LogP contribution in [0.2, 0.25) is 0 Å². The maximum atomic E-state index is 10.6. The number of nitrogens with two attached hydrogens (primary N) is 1. The molecule has 0 radical (unpaired) electrons. The minimum atomic E-state index is -3.64. The van der Waals surface area contributed by atoms with Gasteiger partial charge in [-0.25, -0.2) is 10.1 Å². The summed E-state index contributed by atoms with van der Waals surface area (Å²) in [5.74, 6) is 0. The van der Waals surface area contributed by atoms with E-state index in [0.29, 0.717) is 5.69 Å². The summed E-state index contributed by atoms with van der Waals surface area (Å²) >= 11 is 0. The topological polar surface area (TPSA) is 75.4 Å². The third-order valence-electron chi connectivity index (χ3n) is 1.06. The lowest BCUT2D eigenvalue weighted by Crippen LogP contribution is -2.03. The van der Waals surface area contributed by atoms with Crippen LogP contribution in [0.1, 0.15) is 0 Å². The monoisotopic (exact) mass is 172 g/mol. The number of hydrogen-bond acceptors (Lipinski definition) is 1. The predicted octanol–water partition coefficient (Wildman–Crippen LogP) is 1.16. The summed E-state index contributed by atoms with van der Waals surface area (Å²) in [6.07, 6.45) is 0. The van der Waals surface area contributed by atoms with Crippen LogP contribution < -0.4 is 10.6 Å². The minimum Gasteiger partial charge on any atom is -0.318 e. The summed E-state index contributed by atoms with van der Waals surface area (Å²) in [5.41, 5.74) is 5.41. The van der Waals surface area contributed by atoms with Crippen LogP contribution in [0.4, 0.5) is 5.69 Å². The van der Waals surface area contributed by atoms with E-state index in [4.69, 9.17) is 10.4 Å². The standard InChI is InChI=1S/C6H9N2O2P/c7-11(9,10)8-6-4-2-1-3-5-6/h1-5H,(H4,7,8,9,10). The quantitative estimate of drug-likeness (QED) is 0.585. The van der Waals surface area contributed by atoms with Gasteiger partial charge in [-0.2, -0.15) is 0 Å². The molecular weight excluding hydrogens is 163 g/mol. The molecule has 0 bridgehead atoms. The van der Waals surface area contributed by atoms with E-state index < -0.39 is 7.67 Å². The van der Waals surface area contributed by atoms with Crippen molar-refractivity contribution in [1.82, 2.24) is 0 Å². The molecule has 5 heteroatoms. The normalized spacial score (nSPS) is 15.5. The number of anilines is 1. The van der Waals surface area contributed by atoms with E-state index in [9.17, 15) is 4.57 Å². The van der Waals surface area contributed by atoms with Crippen LogP contribution in [-0.4, -0.2) is 4.89 Å². The molecule has 0 aliphatic rings. The Kier molecular flexibility index (Phi) is 2.29. The van der Waals surface area contributed by atoms with Crippen molar-refractivity contribution in [2.24, 2.45) is 5.50 Å². The summed E-state index contributed by atoms with van der Waals surface area (Å²) < 4.78 is 10.6. The summed E-state index contributed by atoms with van der Waals surface area (Å²) in [6.45, 7) is 0. The highest BCUT2D eigenvalue weighted by molar-refractivity contribution is 7.57. The van der Waals surface area contributed by atoms with E-state index in [1.807, 2.05) is 6.07 Å². The molecule has 1 aromatic rings. The van der Waals surface area contributed by atoms with Gasteiger partial charge in [-0.1, -0.05) is 18.2 Å². The van der Waals surface area contributed by atoms with Gasteiger partial charge in [-0.3, -0.25) is 0 Å². The number of para-hydroxylation sites is 1. The van der Waals surface area contributed by atoms with E-state index in [1.165, 1.54) is 0 Å². The van der Waals surface area contributed by atoms with Crippen molar-refractivity contribution in [2.75, 3.05) is 5.09 Å². The fourth-order valence-electron chi connectivity index (χ4n) is 0.698. The highest BCUT2D eigenvalue weighted by atomic mass is 31.2. The fourth-order valence-corrected chi connectivity index (χ4v) is 1.22. The minimum absolute atomic E-state index is 0.542. The third-order valence-corrected chi connectivity index (χ3v) is 1.64. The van der Waals surface area contributed by atoms with Crippen LogP contribution in [0.5, 0.6) is 0 Å². The molecular formula is C6H9N2O2P. The first-order chi connectivity index (χ1) is 5.08. The lowest BCUT2D eigenvalue weighted by Gasteiger charge is -2.07. The molecule has 1 rings (SSSR count). The Morgan fingerprint density at radius 2 is 1.91 bits per heavy atom. The van der Waals surface area contributed by atoms with Crippen molar-refractivity contribution in [3.05, 3.63) is 30.3 Å². The van der Waals surface area contributed by atoms with Gasteiger partial charge in [0.15, 0.2) is 0 Å². The van der Waals surface area contributed by atoms with E-state index in [1.54, 1.807) is 24.3 Å². The lowest BCUT2D eigenvalue weighted by atomic mass is 10.3. The van der Waals surface area contributed by atoms with Crippen LogP contribution >= 0.6 is 7.67 Å². The second-order valence-corrected chi connectivity index (χ2v) is 3.57. The predicted molar refractivity (Wildman–Crippen MR) is 44.1 cm³/mol. The van der Waals surface area contributed by atoms with Crippen molar-refractivity contribution in [3.63, 3.8) is 0 Å². The van der Waals surface area contributed by atoms with Crippen molar-refractivity contribution in [3.8, 4) is 0 Å². The zero-order valence-corrected chi connectivity index (χ0v) is 6.66. The molecule has 0 heterocycles. The van der Waals surface area contributed by atoms with E-state index in [-0.39, 0.29) is 0 Å². The Hall–Kier alpha value is -0.830. The molecule has 4 N–H and O–H groups in total. The smallest absolute Gasteiger partial charge is 0.318 e. The maximum Gasteiger partial charge on any atom is 0.360 e. The SMILES string of the molecule is NP(=O)(O)Nc1ccccc1. The van der Waals surface area contributed by atoms with Crippen LogP contribution in [-0.2, 0) is 4.57 Å². The molecule has 0 saturated carbocycles. The number of nitrogens with one attached hydrogen (secondary N) is 1. The van der Waals surface area contributed by atoms with Crippen molar-refractivity contribution in [1.29, 1.82) is 0 Å². The largest absolute Gasteiger partial charge is 0.360 e. The van der Waals surface area contributed by atoms with Gasteiger partial charge in [-0.05, 0) is 12.1 Å². The highest BCUT2D eigenvalue weighted by Crippen LogP contribution is 2.30. The first-order valence-corrected chi connectivity index (χ1v) is 4.75. The van der Waals surface area contributed by atoms with E-state index in [0.717, 1.165) is 0 Å². The van der Waals surface area contributed by atoms with Crippen LogP contribution in [0.3, 0.4) is 0 Å². The highest BCUT2D eigenvalue weighted by Gasteiger charge is 2.07. The van der Waals surface area contributed by atoms with Gasteiger partial charge in [0.1, 0.15) is 0 Å². The average molecular weight is 172 g/mol. The van der Waals surface area contributed by atoms with E-state index >= 15 is 0 Å². The second kappa shape index (κ2) is 3.05. The Balaban J connectivity index is 2.74. The molecule has 0 spiro atoms. The molecule has 1 atom stereocenters.